The van der Waals surface area contributed by atoms with Gasteiger partial charge in [-0.15, -0.1) is 4.68 Å². The topological polar surface area (TPSA) is 25.9 Å². The van der Waals surface area contributed by atoms with Gasteiger partial charge >= 0.3 is 7.25 Å². The molecule has 0 fully saturated rings. The predicted molar refractivity (Wildman–Crippen MR) is 72.5 cm³/mol. The Morgan fingerprint density at radius 1 is 0.952 bits per heavy atom. The molecule has 21 heavy (non-hydrogen) atoms. The molecular formula is C13H15BF4N2O. The van der Waals surface area contributed by atoms with E-state index in [1.165, 1.54) is 5.56 Å². The monoisotopic (exact) mass is 302 g/mol. The molecule has 2 heterocycles. The molecule has 3 nitrogen and oxygen atoms in total. The van der Waals surface area contributed by atoms with Gasteiger partial charge in [0.25, 0.3) is 0 Å². The first-order valence-electron chi connectivity index (χ1n) is 6.14. The van der Waals surface area contributed by atoms with E-state index >= 15 is 0 Å². The van der Waals surface area contributed by atoms with Gasteiger partial charge in [-0.05, 0) is 26.3 Å². The molecule has 0 saturated carbocycles. The molecule has 2 aromatic heterocycles. The van der Waals surface area contributed by atoms with Crippen LogP contribution in [0.2, 0.25) is 0 Å². The number of hydrogen-bond donors (Lipinski definition) is 0. The predicted octanol–water partition coefficient (Wildman–Crippen LogP) is 2.67. The molecule has 8 heteroatoms. The van der Waals surface area contributed by atoms with Crippen LogP contribution >= 0.6 is 0 Å². The Hall–Kier alpha value is -2.12. The van der Waals surface area contributed by atoms with Crippen LogP contribution < -0.4 is 10.1 Å². The van der Waals surface area contributed by atoms with Crippen LogP contribution in [-0.4, -0.2) is 11.9 Å². The van der Waals surface area contributed by atoms with Crippen molar-refractivity contribution in [3.05, 3.63) is 63.8 Å². The summed E-state index contributed by atoms with van der Waals surface area (Å²) < 4.78 is 43.0. The summed E-state index contributed by atoms with van der Waals surface area (Å²) in [7, 11) is -6.00. The highest BCUT2D eigenvalue weighted by Crippen LogP contribution is 2.06. The van der Waals surface area contributed by atoms with Crippen molar-refractivity contribution in [3.8, 4) is 0 Å². The van der Waals surface area contributed by atoms with E-state index in [9.17, 15) is 22.1 Å². The van der Waals surface area contributed by atoms with Gasteiger partial charge in [-0.25, -0.2) is 0 Å². The first-order valence-corrected chi connectivity index (χ1v) is 6.14. The van der Waals surface area contributed by atoms with Gasteiger partial charge in [0.05, 0.1) is 11.4 Å². The molecule has 114 valence electrons. The van der Waals surface area contributed by atoms with Crippen molar-refractivity contribution < 1.29 is 21.9 Å². The Morgan fingerprint density at radius 3 is 1.71 bits per heavy atom. The van der Waals surface area contributed by atoms with Crippen molar-refractivity contribution in [1.29, 1.82) is 0 Å². The summed E-state index contributed by atoms with van der Waals surface area (Å²) in [5.41, 5.74) is 3.13. The molecular weight excluding hydrogens is 287 g/mol. The Kier molecular flexibility index (Phi) is 5.29. The summed E-state index contributed by atoms with van der Waals surface area (Å²) >= 11 is 0. The standard InChI is InChI=1S/C13H15N2O.BF4/c1-10-4-6-14(7-5-10)15-11(2)8-13(16)9-12(15)3;2-1(3,4)5/h4-9H,1-3H3;/q+1;-1. The number of hydrogen-bond acceptors (Lipinski definition) is 1. The molecule has 2 rings (SSSR count). The van der Waals surface area contributed by atoms with Gasteiger partial charge in [-0.2, -0.15) is 0 Å². The molecule has 0 aliphatic heterocycles. The van der Waals surface area contributed by atoms with Crippen molar-refractivity contribution in [2.24, 2.45) is 0 Å². The Morgan fingerprint density at radius 2 is 1.33 bits per heavy atom. The van der Waals surface area contributed by atoms with Crippen molar-refractivity contribution in [2.45, 2.75) is 20.8 Å². The number of rotatable bonds is 1. The minimum Gasteiger partial charge on any atom is -0.418 e. The highest BCUT2D eigenvalue weighted by molar-refractivity contribution is 6.50. The number of aromatic nitrogens is 2. The molecule has 0 amide bonds. The maximum absolute atomic E-state index is 11.3. The number of nitrogens with zero attached hydrogens (tertiary/aromatic N) is 2. The fourth-order valence-electron chi connectivity index (χ4n) is 1.84. The summed E-state index contributed by atoms with van der Waals surface area (Å²) in [5, 5.41) is 0. The molecule has 0 N–H and O–H groups in total. The van der Waals surface area contributed by atoms with E-state index in [1.54, 1.807) is 12.1 Å². The van der Waals surface area contributed by atoms with Crippen LogP contribution in [0, 0.1) is 20.8 Å². The summed E-state index contributed by atoms with van der Waals surface area (Å²) in [6.45, 7) is 5.91. The fraction of sp³-hybridized carbons (Fsp3) is 0.231. The van der Waals surface area contributed by atoms with Crippen LogP contribution in [0.3, 0.4) is 0 Å². The first-order chi connectivity index (χ1) is 9.58. The fourth-order valence-corrected chi connectivity index (χ4v) is 1.84. The zero-order valence-electron chi connectivity index (χ0n) is 11.9. The van der Waals surface area contributed by atoms with Gasteiger partial charge in [-0.1, -0.05) is 4.68 Å². The van der Waals surface area contributed by atoms with Gasteiger partial charge in [0.15, 0.2) is 5.43 Å². The summed E-state index contributed by atoms with van der Waals surface area (Å²) in [5.74, 6) is 0. The number of aryl methyl sites for hydroxylation is 3. The lowest BCUT2D eigenvalue weighted by Crippen LogP contribution is -2.44. The van der Waals surface area contributed by atoms with Gasteiger partial charge in [0.2, 0.25) is 12.4 Å². The normalized spacial score (nSPS) is 10.8. The first kappa shape index (κ1) is 16.9. The van der Waals surface area contributed by atoms with Gasteiger partial charge in [0, 0.05) is 24.3 Å². The van der Waals surface area contributed by atoms with E-state index in [2.05, 4.69) is 6.92 Å². The van der Waals surface area contributed by atoms with Crippen LogP contribution in [0.4, 0.5) is 17.3 Å². The second-order valence-corrected chi connectivity index (χ2v) is 4.54. The van der Waals surface area contributed by atoms with Gasteiger partial charge in [-0.3, -0.25) is 4.79 Å². The van der Waals surface area contributed by atoms with Gasteiger partial charge < -0.3 is 17.3 Å². The Bertz CT molecular complexity index is 633. The molecule has 0 unspecified atom stereocenters. The quantitative estimate of drug-likeness (QED) is 0.452. The van der Waals surface area contributed by atoms with Crippen LogP contribution in [0.1, 0.15) is 17.0 Å². The highest BCUT2D eigenvalue weighted by Gasteiger charge is 2.20. The molecule has 0 aliphatic carbocycles. The minimum atomic E-state index is -6.00. The summed E-state index contributed by atoms with van der Waals surface area (Å²) in [6.07, 6.45) is 3.97. The van der Waals surface area contributed by atoms with Crippen molar-refractivity contribution in [2.75, 3.05) is 0 Å². The van der Waals surface area contributed by atoms with Crippen molar-refractivity contribution in [1.82, 2.24) is 4.68 Å². The molecule has 0 aliphatic rings. The highest BCUT2D eigenvalue weighted by atomic mass is 19.5. The van der Waals surface area contributed by atoms with E-state index in [0.717, 1.165) is 11.4 Å². The molecule has 2 aromatic rings. The molecule has 0 saturated heterocycles. The molecule has 0 atom stereocenters. The maximum atomic E-state index is 11.3. The third-order valence-corrected chi connectivity index (χ3v) is 2.58. The smallest absolute Gasteiger partial charge is 0.418 e. The lowest BCUT2D eigenvalue weighted by Gasteiger charge is -2.07. The largest absolute Gasteiger partial charge is 0.673 e. The molecule has 0 radical (unpaired) electrons. The number of halogens is 4. The lowest BCUT2D eigenvalue weighted by molar-refractivity contribution is -0.729. The molecule has 0 bridgehead atoms. The Balaban J connectivity index is 0.000000383. The van der Waals surface area contributed by atoms with Crippen LogP contribution in [0.25, 0.3) is 0 Å². The van der Waals surface area contributed by atoms with Crippen LogP contribution in [-0.2, 0) is 0 Å². The SMILES string of the molecule is Cc1cc[n+](-n2c(C)cc(=O)cc2C)cc1.F[B-](F)(F)F. The number of pyridine rings is 2. The maximum Gasteiger partial charge on any atom is 0.673 e. The molecule has 0 aromatic carbocycles. The van der Waals surface area contributed by atoms with E-state index in [-0.39, 0.29) is 5.43 Å². The third-order valence-electron chi connectivity index (χ3n) is 2.58. The van der Waals surface area contributed by atoms with E-state index in [4.69, 9.17) is 0 Å². The Labute approximate surface area is 119 Å². The zero-order chi connectivity index (χ0) is 16.2. The second kappa shape index (κ2) is 6.56. The van der Waals surface area contributed by atoms with E-state index < -0.39 is 7.25 Å². The van der Waals surface area contributed by atoms with Crippen molar-refractivity contribution in [3.63, 3.8) is 0 Å². The average molecular weight is 302 g/mol. The summed E-state index contributed by atoms with van der Waals surface area (Å²) in [6, 6.07) is 7.35. The van der Waals surface area contributed by atoms with Crippen molar-refractivity contribution >= 4 is 7.25 Å². The minimum absolute atomic E-state index is 0.0546. The summed E-state index contributed by atoms with van der Waals surface area (Å²) in [4.78, 5) is 11.3. The third kappa shape index (κ3) is 5.80. The van der Waals surface area contributed by atoms with Crippen LogP contribution in [0.15, 0.2) is 41.5 Å². The van der Waals surface area contributed by atoms with Gasteiger partial charge in [0.1, 0.15) is 0 Å². The van der Waals surface area contributed by atoms with E-state index in [0.29, 0.717) is 0 Å². The lowest BCUT2D eigenvalue weighted by atomic mass is 10.3. The zero-order valence-corrected chi connectivity index (χ0v) is 11.9. The molecule has 0 spiro atoms. The second-order valence-electron chi connectivity index (χ2n) is 4.54. The average Bonchev–Trinajstić information content (AvgIpc) is 2.28. The van der Waals surface area contributed by atoms with E-state index in [1.807, 2.05) is 47.7 Å². The van der Waals surface area contributed by atoms with Crippen LogP contribution in [0.5, 0.6) is 0 Å².